The third-order valence-corrected chi connectivity index (χ3v) is 1.66. The van der Waals surface area contributed by atoms with Crippen molar-refractivity contribution in [3.05, 3.63) is 0 Å². The summed E-state index contributed by atoms with van der Waals surface area (Å²) >= 11 is 10.4. The van der Waals surface area contributed by atoms with Gasteiger partial charge in [0.05, 0.1) is 6.61 Å². The van der Waals surface area contributed by atoms with Crippen molar-refractivity contribution in [1.29, 1.82) is 0 Å². The van der Waals surface area contributed by atoms with Crippen molar-refractivity contribution in [2.45, 2.75) is 26.2 Å². The van der Waals surface area contributed by atoms with Gasteiger partial charge in [-0.2, -0.15) is 0 Å². The normalized spacial score (nSPS) is 9.40. The largest absolute Gasteiger partial charge is 0.487 e. The fraction of sp³-hybridized carbons (Fsp3) is 0.857. The zero-order valence-electron chi connectivity index (χ0n) is 6.23. The average Bonchev–Trinajstić information content (AvgIpc) is 1.89. The third-order valence-electron chi connectivity index (χ3n) is 1.07. The van der Waals surface area contributed by atoms with Crippen LogP contribution in [0.2, 0.25) is 0 Å². The van der Waals surface area contributed by atoms with Gasteiger partial charge >= 0.3 is 0 Å². The van der Waals surface area contributed by atoms with E-state index in [0.717, 1.165) is 25.1 Å². The summed E-state index contributed by atoms with van der Waals surface area (Å²) in [4.78, 5) is 0. The Kier molecular flexibility index (Phi) is 7.42. The molecule has 1 nitrogen and oxygen atoms in total. The highest BCUT2D eigenvalue weighted by molar-refractivity contribution is 7.80. The number of thiocarbonyl (C=S) groups is 1. The molecule has 60 valence electrons. The fourth-order valence-corrected chi connectivity index (χ4v) is 1.05. The first-order valence-electron chi connectivity index (χ1n) is 3.52. The van der Waals surface area contributed by atoms with Gasteiger partial charge in [-0.25, -0.2) is 0 Å². The first-order valence-corrected chi connectivity index (χ1v) is 4.47. The smallest absolute Gasteiger partial charge is 0.159 e. The van der Waals surface area contributed by atoms with Crippen LogP contribution in [0.3, 0.4) is 0 Å². The average molecular weight is 181 g/mol. The summed E-state index contributed by atoms with van der Waals surface area (Å²) in [5.41, 5.74) is 0. The molecule has 0 heterocycles. The van der Waals surface area contributed by atoms with Gasteiger partial charge in [0.2, 0.25) is 0 Å². The molecule has 0 spiro atoms. The van der Waals surface area contributed by atoms with Crippen LogP contribution in [0, 0.1) is 0 Å². The van der Waals surface area contributed by atoms with Crippen LogP contribution in [-0.4, -0.2) is 17.5 Å². The summed E-state index contributed by atoms with van der Waals surface area (Å²) in [7, 11) is 0. The summed E-state index contributed by atoms with van der Waals surface area (Å²) in [6, 6.07) is 0. The van der Waals surface area contributed by atoms with Crippen molar-refractivity contribution in [2.75, 3.05) is 12.5 Å². The maximum Gasteiger partial charge on any atom is 0.159 e. The van der Waals surface area contributed by atoms with Gasteiger partial charge in [-0.15, -0.1) is 11.6 Å². The number of hydrogen-bond donors (Lipinski definition) is 0. The standard InChI is InChI=1S/C7H13ClOS/c1-2-9-7(10)5-3-4-6-8/h2-6H2,1H3. The molecule has 0 aromatic rings. The molecule has 0 radical (unpaired) electrons. The zero-order valence-corrected chi connectivity index (χ0v) is 7.80. The highest BCUT2D eigenvalue weighted by Gasteiger charge is 1.94. The number of rotatable bonds is 5. The number of alkyl halides is 1. The van der Waals surface area contributed by atoms with E-state index in [2.05, 4.69) is 0 Å². The minimum atomic E-state index is 0.680. The van der Waals surface area contributed by atoms with Gasteiger partial charge < -0.3 is 4.74 Å². The molecule has 0 saturated heterocycles. The van der Waals surface area contributed by atoms with Crippen LogP contribution in [0.15, 0.2) is 0 Å². The molecule has 0 unspecified atom stereocenters. The van der Waals surface area contributed by atoms with E-state index in [0.29, 0.717) is 11.7 Å². The highest BCUT2D eigenvalue weighted by atomic mass is 35.5. The maximum atomic E-state index is 5.48. The van der Waals surface area contributed by atoms with E-state index >= 15 is 0 Å². The maximum absolute atomic E-state index is 5.48. The minimum Gasteiger partial charge on any atom is -0.487 e. The lowest BCUT2D eigenvalue weighted by Gasteiger charge is -2.02. The molecule has 3 heteroatoms. The second kappa shape index (κ2) is 7.29. The van der Waals surface area contributed by atoms with Crippen molar-refractivity contribution in [2.24, 2.45) is 0 Å². The van der Waals surface area contributed by atoms with Crippen LogP contribution in [0.4, 0.5) is 0 Å². The summed E-state index contributed by atoms with van der Waals surface area (Å²) in [5, 5.41) is 0.715. The highest BCUT2D eigenvalue weighted by Crippen LogP contribution is 2.00. The lowest BCUT2D eigenvalue weighted by Crippen LogP contribution is -2.00. The quantitative estimate of drug-likeness (QED) is 0.366. The second-order valence-corrected chi connectivity index (χ2v) is 2.78. The van der Waals surface area contributed by atoms with Crippen molar-refractivity contribution in [1.82, 2.24) is 0 Å². The Hall–Kier alpha value is 0.180. The SMILES string of the molecule is CCOC(=S)CCCCCl. The van der Waals surface area contributed by atoms with Gasteiger partial charge in [-0.3, -0.25) is 0 Å². The number of unbranched alkanes of at least 4 members (excludes halogenated alkanes) is 1. The Bertz CT molecular complexity index is 95.6. The number of ether oxygens (including phenoxy) is 1. The molecule has 0 aromatic carbocycles. The van der Waals surface area contributed by atoms with E-state index in [1.165, 1.54) is 0 Å². The van der Waals surface area contributed by atoms with Gasteiger partial charge in [0.25, 0.3) is 0 Å². The molecule has 0 atom stereocenters. The van der Waals surface area contributed by atoms with E-state index < -0.39 is 0 Å². The second-order valence-electron chi connectivity index (χ2n) is 1.95. The molecule has 10 heavy (non-hydrogen) atoms. The van der Waals surface area contributed by atoms with E-state index in [9.17, 15) is 0 Å². The molecule has 0 aliphatic carbocycles. The first-order chi connectivity index (χ1) is 4.81. The molecular formula is C7H13ClOS. The van der Waals surface area contributed by atoms with Crippen molar-refractivity contribution < 1.29 is 4.74 Å². The topological polar surface area (TPSA) is 9.23 Å². The van der Waals surface area contributed by atoms with Crippen LogP contribution in [-0.2, 0) is 4.74 Å². The van der Waals surface area contributed by atoms with E-state index in [1.807, 2.05) is 6.92 Å². The lowest BCUT2D eigenvalue weighted by molar-refractivity contribution is 0.326. The Morgan fingerprint density at radius 1 is 1.50 bits per heavy atom. The summed E-state index contributed by atoms with van der Waals surface area (Å²) in [6.07, 6.45) is 2.94. The summed E-state index contributed by atoms with van der Waals surface area (Å²) < 4.78 is 5.08. The molecule has 0 fully saturated rings. The molecular weight excluding hydrogens is 168 g/mol. The van der Waals surface area contributed by atoms with Crippen LogP contribution in [0.25, 0.3) is 0 Å². The fourth-order valence-electron chi connectivity index (χ4n) is 0.597. The van der Waals surface area contributed by atoms with Crippen LogP contribution in [0.1, 0.15) is 26.2 Å². The van der Waals surface area contributed by atoms with E-state index in [4.69, 9.17) is 28.6 Å². The minimum absolute atomic E-state index is 0.680. The van der Waals surface area contributed by atoms with Crippen LogP contribution < -0.4 is 0 Å². The summed E-state index contributed by atoms with van der Waals surface area (Å²) in [5.74, 6) is 0.717. The molecule has 0 N–H and O–H groups in total. The van der Waals surface area contributed by atoms with Gasteiger partial charge in [-0.05, 0) is 32.0 Å². The molecule has 0 amide bonds. The molecule has 0 bridgehead atoms. The zero-order chi connectivity index (χ0) is 7.82. The molecule has 0 aliphatic heterocycles. The van der Waals surface area contributed by atoms with E-state index in [-0.39, 0.29) is 0 Å². The monoisotopic (exact) mass is 180 g/mol. The lowest BCUT2D eigenvalue weighted by atomic mass is 10.3. The van der Waals surface area contributed by atoms with Gasteiger partial charge in [0.1, 0.15) is 0 Å². The van der Waals surface area contributed by atoms with E-state index in [1.54, 1.807) is 0 Å². The summed E-state index contributed by atoms with van der Waals surface area (Å²) in [6.45, 7) is 2.62. The Balaban J connectivity index is 3.05. The predicted molar refractivity (Wildman–Crippen MR) is 48.8 cm³/mol. The first kappa shape index (κ1) is 10.2. The predicted octanol–water partition coefficient (Wildman–Crippen LogP) is 2.76. The number of halogens is 1. The Morgan fingerprint density at radius 3 is 2.70 bits per heavy atom. The van der Waals surface area contributed by atoms with Crippen molar-refractivity contribution in [3.8, 4) is 0 Å². The number of hydrogen-bond acceptors (Lipinski definition) is 2. The Labute approximate surface area is 72.7 Å². The van der Waals surface area contributed by atoms with Crippen molar-refractivity contribution in [3.63, 3.8) is 0 Å². The molecule has 0 saturated carbocycles. The molecule has 0 aliphatic rings. The third kappa shape index (κ3) is 6.30. The van der Waals surface area contributed by atoms with Crippen LogP contribution in [0.5, 0.6) is 0 Å². The molecule has 0 aromatic heterocycles. The van der Waals surface area contributed by atoms with Gasteiger partial charge in [0, 0.05) is 12.3 Å². The van der Waals surface area contributed by atoms with Gasteiger partial charge in [-0.1, -0.05) is 0 Å². The van der Waals surface area contributed by atoms with Crippen LogP contribution >= 0.6 is 23.8 Å². The van der Waals surface area contributed by atoms with Gasteiger partial charge in [0.15, 0.2) is 5.05 Å². The molecule has 0 rings (SSSR count). The Morgan fingerprint density at radius 2 is 2.20 bits per heavy atom. The van der Waals surface area contributed by atoms with Crippen molar-refractivity contribution >= 4 is 28.9 Å².